The average Bonchev–Trinajstić information content (AvgIpc) is 2.49. The van der Waals surface area contributed by atoms with Crippen molar-refractivity contribution in [2.75, 3.05) is 0 Å². The van der Waals surface area contributed by atoms with Crippen LogP contribution in [0, 0.1) is 5.92 Å². The molecule has 0 rings (SSSR count). The Morgan fingerprint density at radius 1 is 0.864 bits per heavy atom. The van der Waals surface area contributed by atoms with Gasteiger partial charge in [-0.2, -0.15) is 0 Å². The quantitative estimate of drug-likeness (QED) is 0.206. The van der Waals surface area contributed by atoms with Gasteiger partial charge in [0.2, 0.25) is 0 Å². The van der Waals surface area contributed by atoms with Gasteiger partial charge >= 0.3 is 5.97 Å². The average molecular weight is 306 g/mol. The number of allylic oxidation sites excluding steroid dienone is 3. The molecule has 0 spiro atoms. The van der Waals surface area contributed by atoms with Gasteiger partial charge in [-0.1, -0.05) is 56.8 Å². The van der Waals surface area contributed by atoms with Crippen LogP contribution in [-0.2, 0) is 4.79 Å². The molecule has 0 aromatic rings. The van der Waals surface area contributed by atoms with Gasteiger partial charge in [-0.3, -0.25) is 0 Å². The molecule has 0 heterocycles. The maximum absolute atomic E-state index is 10.3. The van der Waals surface area contributed by atoms with E-state index in [9.17, 15) is 4.79 Å². The molecule has 0 bridgehead atoms. The summed E-state index contributed by atoms with van der Waals surface area (Å²) in [7, 11) is 0. The summed E-state index contributed by atoms with van der Waals surface area (Å²) in [5, 5.41) is 8.47. The molecule has 0 aliphatic heterocycles. The summed E-state index contributed by atoms with van der Waals surface area (Å²) in [6.45, 7) is 7.65. The highest BCUT2D eigenvalue weighted by atomic mass is 16.4. The van der Waals surface area contributed by atoms with Crippen molar-refractivity contribution in [1.29, 1.82) is 0 Å². The van der Waals surface area contributed by atoms with E-state index >= 15 is 0 Å². The van der Waals surface area contributed by atoms with Crippen LogP contribution in [0.2, 0.25) is 0 Å². The fourth-order valence-electron chi connectivity index (χ4n) is 2.75. The monoisotopic (exact) mass is 306 g/mol. The number of hydrogen-bond donors (Lipinski definition) is 1. The van der Waals surface area contributed by atoms with Crippen molar-refractivity contribution in [3.05, 3.63) is 37.5 Å². The van der Waals surface area contributed by atoms with E-state index in [1.807, 2.05) is 6.08 Å². The molecule has 2 heteroatoms. The lowest BCUT2D eigenvalue weighted by atomic mass is 9.92. The van der Waals surface area contributed by atoms with E-state index in [0.29, 0.717) is 0 Å². The lowest BCUT2D eigenvalue weighted by Gasteiger charge is -2.14. The van der Waals surface area contributed by atoms with Gasteiger partial charge in [-0.05, 0) is 44.4 Å². The van der Waals surface area contributed by atoms with Gasteiger partial charge in [0.1, 0.15) is 0 Å². The zero-order valence-corrected chi connectivity index (χ0v) is 14.1. The molecule has 0 radical (unpaired) electrons. The van der Waals surface area contributed by atoms with E-state index in [0.717, 1.165) is 31.6 Å². The van der Waals surface area contributed by atoms with E-state index < -0.39 is 5.97 Å². The Kier molecular flexibility index (Phi) is 15.1. The van der Waals surface area contributed by atoms with Crippen LogP contribution in [0.1, 0.15) is 77.0 Å². The van der Waals surface area contributed by atoms with E-state index in [2.05, 4.69) is 19.2 Å². The Morgan fingerprint density at radius 2 is 1.50 bits per heavy atom. The third-order valence-corrected chi connectivity index (χ3v) is 4.01. The summed E-state index contributed by atoms with van der Waals surface area (Å²) in [5.74, 6) is -0.0409. The summed E-state index contributed by atoms with van der Waals surface area (Å²) in [4.78, 5) is 10.3. The predicted molar refractivity (Wildman–Crippen MR) is 96.1 cm³/mol. The summed E-state index contributed by atoms with van der Waals surface area (Å²) in [5.41, 5.74) is 0. The Hall–Kier alpha value is -1.31. The first-order chi connectivity index (χ1) is 10.7. The van der Waals surface area contributed by atoms with Crippen LogP contribution in [0.5, 0.6) is 0 Å². The molecule has 0 aliphatic rings. The second-order valence-electron chi connectivity index (χ2n) is 6.05. The van der Waals surface area contributed by atoms with Crippen molar-refractivity contribution in [2.24, 2.45) is 5.92 Å². The molecule has 0 aromatic carbocycles. The molecule has 2 nitrogen and oxygen atoms in total. The largest absolute Gasteiger partial charge is 0.478 e. The van der Waals surface area contributed by atoms with Gasteiger partial charge in [-0.25, -0.2) is 4.79 Å². The Bertz CT molecular complexity index is 318. The van der Waals surface area contributed by atoms with Crippen LogP contribution in [-0.4, -0.2) is 11.1 Å². The standard InChI is InChI=1S/C20H34O2/c1-3-5-12-16-19(15-4-2)17-13-10-8-6-7-9-11-14-18-20(21)22/h3-4,14,18-19H,1-2,5-13,15-17H2,(H,21,22). The molecule has 0 aromatic heterocycles. The van der Waals surface area contributed by atoms with Crippen molar-refractivity contribution in [2.45, 2.75) is 77.0 Å². The molecule has 0 aliphatic carbocycles. The van der Waals surface area contributed by atoms with E-state index in [1.165, 1.54) is 57.4 Å². The number of hydrogen-bond acceptors (Lipinski definition) is 1. The number of carbonyl (C=O) groups is 1. The van der Waals surface area contributed by atoms with Crippen LogP contribution < -0.4 is 0 Å². The molecule has 126 valence electrons. The van der Waals surface area contributed by atoms with Crippen molar-refractivity contribution in [3.8, 4) is 0 Å². The first-order valence-electron chi connectivity index (χ1n) is 8.82. The summed E-state index contributed by atoms with van der Waals surface area (Å²) in [6, 6.07) is 0. The Morgan fingerprint density at radius 3 is 2.14 bits per heavy atom. The molecule has 1 atom stereocenters. The highest BCUT2D eigenvalue weighted by Gasteiger charge is 2.06. The second kappa shape index (κ2) is 16.1. The molecular formula is C20H34O2. The SMILES string of the molecule is C=CCCCC(CC=C)CCCCCCCCC=CC(=O)O. The first-order valence-corrected chi connectivity index (χ1v) is 8.82. The molecule has 22 heavy (non-hydrogen) atoms. The maximum Gasteiger partial charge on any atom is 0.327 e. The number of rotatable bonds is 16. The Balaban J connectivity index is 3.46. The number of aliphatic carboxylic acids is 1. The van der Waals surface area contributed by atoms with E-state index in [4.69, 9.17) is 5.11 Å². The summed E-state index contributed by atoms with van der Waals surface area (Å²) >= 11 is 0. The second-order valence-corrected chi connectivity index (χ2v) is 6.05. The number of unbranched alkanes of at least 4 members (excludes halogenated alkanes) is 7. The van der Waals surface area contributed by atoms with E-state index in [-0.39, 0.29) is 0 Å². The lowest BCUT2D eigenvalue weighted by Crippen LogP contribution is -1.99. The smallest absolute Gasteiger partial charge is 0.327 e. The van der Waals surface area contributed by atoms with Gasteiger partial charge in [-0.15, -0.1) is 13.2 Å². The minimum Gasteiger partial charge on any atom is -0.478 e. The number of carboxylic acids is 1. The van der Waals surface area contributed by atoms with Gasteiger partial charge in [0.05, 0.1) is 0 Å². The molecule has 1 unspecified atom stereocenters. The molecule has 1 N–H and O–H groups in total. The molecule has 0 saturated heterocycles. The first kappa shape index (κ1) is 20.7. The van der Waals surface area contributed by atoms with Crippen LogP contribution in [0.3, 0.4) is 0 Å². The molecule has 0 amide bonds. The lowest BCUT2D eigenvalue weighted by molar-refractivity contribution is -0.131. The zero-order valence-electron chi connectivity index (χ0n) is 14.1. The van der Waals surface area contributed by atoms with Crippen LogP contribution in [0.4, 0.5) is 0 Å². The summed E-state index contributed by atoms with van der Waals surface area (Å²) < 4.78 is 0. The van der Waals surface area contributed by atoms with Gasteiger partial charge in [0.25, 0.3) is 0 Å². The maximum atomic E-state index is 10.3. The predicted octanol–water partition coefficient (Wildman–Crippen LogP) is 6.30. The number of carboxylic acid groups (broad SMARTS) is 1. The van der Waals surface area contributed by atoms with Crippen molar-refractivity contribution >= 4 is 5.97 Å². The van der Waals surface area contributed by atoms with E-state index in [1.54, 1.807) is 6.08 Å². The van der Waals surface area contributed by atoms with Gasteiger partial charge < -0.3 is 5.11 Å². The molecule has 0 saturated carbocycles. The van der Waals surface area contributed by atoms with Crippen molar-refractivity contribution in [1.82, 2.24) is 0 Å². The highest BCUT2D eigenvalue weighted by molar-refractivity contribution is 5.79. The van der Waals surface area contributed by atoms with Crippen LogP contribution >= 0.6 is 0 Å². The normalized spacial score (nSPS) is 12.4. The summed E-state index contributed by atoms with van der Waals surface area (Å²) in [6.07, 6.45) is 21.6. The zero-order chi connectivity index (χ0) is 16.5. The molecular weight excluding hydrogens is 272 g/mol. The minimum atomic E-state index is -0.845. The highest BCUT2D eigenvalue weighted by Crippen LogP contribution is 2.21. The van der Waals surface area contributed by atoms with Crippen LogP contribution in [0.25, 0.3) is 0 Å². The topological polar surface area (TPSA) is 37.3 Å². The fourth-order valence-corrected chi connectivity index (χ4v) is 2.75. The molecule has 0 fully saturated rings. The fraction of sp³-hybridized carbons (Fsp3) is 0.650. The van der Waals surface area contributed by atoms with Crippen LogP contribution in [0.15, 0.2) is 37.5 Å². The van der Waals surface area contributed by atoms with Crippen molar-refractivity contribution in [3.63, 3.8) is 0 Å². The third-order valence-electron chi connectivity index (χ3n) is 4.01. The Labute approximate surface area is 137 Å². The van der Waals surface area contributed by atoms with Crippen molar-refractivity contribution < 1.29 is 9.90 Å². The van der Waals surface area contributed by atoms with Gasteiger partial charge in [0, 0.05) is 6.08 Å². The minimum absolute atomic E-state index is 0.804. The van der Waals surface area contributed by atoms with Gasteiger partial charge in [0.15, 0.2) is 0 Å². The third kappa shape index (κ3) is 15.1.